The van der Waals surface area contributed by atoms with Crippen LogP contribution in [0.15, 0.2) is 18.5 Å². The lowest BCUT2D eigenvalue weighted by atomic mass is 10.0. The molecule has 2 aliphatic rings. The van der Waals surface area contributed by atoms with Gasteiger partial charge in [0.1, 0.15) is 0 Å². The molecule has 0 N–H and O–H groups in total. The molecule has 0 unspecified atom stereocenters. The molecule has 5 nitrogen and oxygen atoms in total. The summed E-state index contributed by atoms with van der Waals surface area (Å²) in [6.45, 7) is 11.8. The standard InChI is InChI=1S/C18H28N4O/c1-15-14-19-7-6-16(15)20-10-12-21(13-11-20)17(23)18(2,3)22-8-4-5-9-22/h6-7,14H,4-5,8-13H2,1-3H3. The number of piperazine rings is 1. The molecule has 0 bridgehead atoms. The lowest BCUT2D eigenvalue weighted by Gasteiger charge is -2.42. The van der Waals surface area contributed by atoms with Gasteiger partial charge in [-0.05, 0) is 58.3 Å². The van der Waals surface area contributed by atoms with E-state index in [1.165, 1.54) is 24.1 Å². The van der Waals surface area contributed by atoms with Crippen molar-refractivity contribution in [1.29, 1.82) is 0 Å². The molecular weight excluding hydrogens is 288 g/mol. The van der Waals surface area contributed by atoms with E-state index in [9.17, 15) is 4.79 Å². The maximum atomic E-state index is 13.0. The summed E-state index contributed by atoms with van der Waals surface area (Å²) in [6.07, 6.45) is 6.18. The van der Waals surface area contributed by atoms with Crippen LogP contribution in [-0.4, -0.2) is 65.5 Å². The average molecular weight is 316 g/mol. The van der Waals surface area contributed by atoms with Crippen LogP contribution in [0.25, 0.3) is 0 Å². The van der Waals surface area contributed by atoms with Gasteiger partial charge in [0.25, 0.3) is 0 Å². The van der Waals surface area contributed by atoms with Crippen LogP contribution in [-0.2, 0) is 4.79 Å². The van der Waals surface area contributed by atoms with E-state index in [4.69, 9.17) is 0 Å². The lowest BCUT2D eigenvalue weighted by Crippen LogP contribution is -2.59. The quantitative estimate of drug-likeness (QED) is 0.854. The maximum absolute atomic E-state index is 13.0. The van der Waals surface area contributed by atoms with E-state index in [-0.39, 0.29) is 11.4 Å². The number of likely N-dealkylation sites (tertiary alicyclic amines) is 1. The monoisotopic (exact) mass is 316 g/mol. The molecule has 2 saturated heterocycles. The number of carbonyl (C=O) groups is 1. The average Bonchev–Trinajstić information content (AvgIpc) is 3.10. The molecule has 5 heteroatoms. The molecule has 0 saturated carbocycles. The minimum absolute atomic E-state index is 0.283. The van der Waals surface area contributed by atoms with Crippen molar-refractivity contribution in [2.24, 2.45) is 0 Å². The molecule has 0 radical (unpaired) electrons. The van der Waals surface area contributed by atoms with Gasteiger partial charge < -0.3 is 9.80 Å². The second-order valence-corrected chi connectivity index (χ2v) is 7.19. The second kappa shape index (κ2) is 6.48. The fraction of sp³-hybridized carbons (Fsp3) is 0.667. The number of hydrogen-bond acceptors (Lipinski definition) is 4. The van der Waals surface area contributed by atoms with E-state index in [0.717, 1.165) is 39.3 Å². The van der Waals surface area contributed by atoms with E-state index in [1.807, 2.05) is 17.3 Å². The highest BCUT2D eigenvalue weighted by Gasteiger charge is 2.39. The molecule has 0 spiro atoms. The zero-order valence-electron chi connectivity index (χ0n) is 14.6. The van der Waals surface area contributed by atoms with Gasteiger partial charge in [0.15, 0.2) is 0 Å². The molecule has 3 heterocycles. The molecule has 1 aromatic rings. The van der Waals surface area contributed by atoms with Gasteiger partial charge >= 0.3 is 0 Å². The highest BCUT2D eigenvalue weighted by molar-refractivity contribution is 5.85. The first-order chi connectivity index (χ1) is 11.0. The number of hydrogen-bond donors (Lipinski definition) is 0. The van der Waals surface area contributed by atoms with Crippen LogP contribution in [0.3, 0.4) is 0 Å². The summed E-state index contributed by atoms with van der Waals surface area (Å²) >= 11 is 0. The van der Waals surface area contributed by atoms with Crippen LogP contribution in [0.1, 0.15) is 32.3 Å². The molecule has 23 heavy (non-hydrogen) atoms. The van der Waals surface area contributed by atoms with Crippen molar-refractivity contribution in [3.05, 3.63) is 24.0 Å². The number of carbonyl (C=O) groups excluding carboxylic acids is 1. The number of aryl methyl sites for hydroxylation is 1. The summed E-state index contributed by atoms with van der Waals surface area (Å²) in [7, 11) is 0. The van der Waals surface area contributed by atoms with Gasteiger partial charge in [0, 0.05) is 44.3 Å². The minimum Gasteiger partial charge on any atom is -0.368 e. The smallest absolute Gasteiger partial charge is 0.242 e. The van der Waals surface area contributed by atoms with Crippen LogP contribution < -0.4 is 4.90 Å². The molecule has 3 rings (SSSR count). The van der Waals surface area contributed by atoms with Gasteiger partial charge in [-0.15, -0.1) is 0 Å². The summed E-state index contributed by atoms with van der Waals surface area (Å²) in [6, 6.07) is 2.07. The Morgan fingerprint density at radius 1 is 1.09 bits per heavy atom. The van der Waals surface area contributed by atoms with Crippen molar-refractivity contribution < 1.29 is 4.79 Å². The molecule has 0 atom stereocenters. The molecule has 1 amide bonds. The number of anilines is 1. The van der Waals surface area contributed by atoms with Gasteiger partial charge in [0.2, 0.25) is 5.91 Å². The number of rotatable bonds is 3. The van der Waals surface area contributed by atoms with Crippen LogP contribution in [0.5, 0.6) is 0 Å². The first kappa shape index (κ1) is 16.2. The van der Waals surface area contributed by atoms with Crippen LogP contribution in [0.4, 0.5) is 5.69 Å². The molecule has 0 aromatic carbocycles. The predicted octanol–water partition coefficient (Wildman–Crippen LogP) is 1.91. The number of amides is 1. The third kappa shape index (κ3) is 3.20. The highest BCUT2D eigenvalue weighted by atomic mass is 16.2. The van der Waals surface area contributed by atoms with Gasteiger partial charge in [-0.3, -0.25) is 14.7 Å². The molecule has 1 aromatic heterocycles. The van der Waals surface area contributed by atoms with Gasteiger partial charge in [0.05, 0.1) is 5.54 Å². The topological polar surface area (TPSA) is 39.7 Å². The van der Waals surface area contributed by atoms with Gasteiger partial charge in [-0.1, -0.05) is 0 Å². The van der Waals surface area contributed by atoms with Gasteiger partial charge in [-0.2, -0.15) is 0 Å². The summed E-state index contributed by atoms with van der Waals surface area (Å²) in [4.78, 5) is 23.9. The Kier molecular flexibility index (Phi) is 4.57. The zero-order valence-corrected chi connectivity index (χ0v) is 14.6. The normalized spacial score (nSPS) is 20.1. The fourth-order valence-corrected chi connectivity index (χ4v) is 3.77. The van der Waals surface area contributed by atoms with E-state index < -0.39 is 0 Å². The fourth-order valence-electron chi connectivity index (χ4n) is 3.77. The minimum atomic E-state index is -0.370. The summed E-state index contributed by atoms with van der Waals surface area (Å²) in [5.74, 6) is 0.283. The van der Waals surface area contributed by atoms with E-state index in [2.05, 4.69) is 41.6 Å². The largest absolute Gasteiger partial charge is 0.368 e. The van der Waals surface area contributed by atoms with Crippen molar-refractivity contribution in [2.45, 2.75) is 39.2 Å². The molecule has 0 aliphatic carbocycles. The second-order valence-electron chi connectivity index (χ2n) is 7.19. The Labute approximate surface area is 139 Å². The van der Waals surface area contributed by atoms with Crippen molar-refractivity contribution in [3.8, 4) is 0 Å². The summed E-state index contributed by atoms with van der Waals surface area (Å²) in [5.41, 5.74) is 2.07. The summed E-state index contributed by atoms with van der Waals surface area (Å²) in [5, 5.41) is 0. The van der Waals surface area contributed by atoms with Crippen molar-refractivity contribution in [3.63, 3.8) is 0 Å². The van der Waals surface area contributed by atoms with E-state index in [0.29, 0.717) is 0 Å². The Bertz CT molecular complexity index is 558. The first-order valence-corrected chi connectivity index (χ1v) is 8.70. The Morgan fingerprint density at radius 2 is 1.74 bits per heavy atom. The molecule has 2 aliphatic heterocycles. The number of pyridine rings is 1. The van der Waals surface area contributed by atoms with E-state index >= 15 is 0 Å². The predicted molar refractivity (Wildman–Crippen MR) is 92.7 cm³/mol. The van der Waals surface area contributed by atoms with Crippen LogP contribution in [0, 0.1) is 6.92 Å². The van der Waals surface area contributed by atoms with Crippen molar-refractivity contribution in [2.75, 3.05) is 44.2 Å². The summed E-state index contributed by atoms with van der Waals surface area (Å²) < 4.78 is 0. The zero-order chi connectivity index (χ0) is 16.4. The first-order valence-electron chi connectivity index (χ1n) is 8.70. The third-order valence-corrected chi connectivity index (χ3v) is 5.32. The van der Waals surface area contributed by atoms with Gasteiger partial charge in [-0.25, -0.2) is 0 Å². The molecule has 2 fully saturated rings. The SMILES string of the molecule is Cc1cnccc1N1CCN(C(=O)C(C)(C)N2CCCC2)CC1. The Balaban J connectivity index is 1.62. The van der Waals surface area contributed by atoms with Crippen LogP contribution in [0.2, 0.25) is 0 Å². The third-order valence-electron chi connectivity index (χ3n) is 5.32. The Morgan fingerprint density at radius 3 is 2.35 bits per heavy atom. The number of aromatic nitrogens is 1. The Hall–Kier alpha value is -1.62. The van der Waals surface area contributed by atoms with Crippen LogP contribution >= 0.6 is 0 Å². The lowest BCUT2D eigenvalue weighted by molar-refractivity contribution is -0.142. The van der Waals surface area contributed by atoms with Crippen molar-refractivity contribution >= 4 is 11.6 Å². The van der Waals surface area contributed by atoms with Crippen molar-refractivity contribution in [1.82, 2.24) is 14.8 Å². The molecular formula is C18H28N4O. The highest BCUT2D eigenvalue weighted by Crippen LogP contribution is 2.25. The number of nitrogens with zero attached hydrogens (tertiary/aromatic N) is 4. The molecule has 126 valence electrons. The maximum Gasteiger partial charge on any atom is 0.242 e. The van der Waals surface area contributed by atoms with E-state index in [1.54, 1.807) is 0 Å².